The van der Waals surface area contributed by atoms with Crippen LogP contribution < -0.4 is 0 Å². The minimum absolute atomic E-state index is 0.0141. The van der Waals surface area contributed by atoms with Crippen molar-refractivity contribution in [1.82, 2.24) is 9.13 Å². The molecule has 4 heterocycles. The van der Waals surface area contributed by atoms with Gasteiger partial charge in [0.25, 0.3) is 0 Å². The zero-order valence-corrected chi connectivity index (χ0v) is 24.3. The first-order chi connectivity index (χ1) is 28.7. The van der Waals surface area contributed by atoms with E-state index in [0.29, 0.717) is 38.2 Å². The second-order valence-corrected chi connectivity index (χ2v) is 12.0. The van der Waals surface area contributed by atoms with Gasteiger partial charge >= 0.3 is 0 Å². The Morgan fingerprint density at radius 1 is 0.500 bits per heavy atom. The fourth-order valence-corrected chi connectivity index (χ4v) is 7.82. The highest BCUT2D eigenvalue weighted by Crippen LogP contribution is 2.44. The summed E-state index contributed by atoms with van der Waals surface area (Å²) in [5.41, 5.74) is 1.81. The Labute approximate surface area is 286 Å². The highest BCUT2D eigenvalue weighted by Gasteiger charge is 2.23. The standard InChI is InChI=1S/C42H24N2OS/c1-5-14-32-26(10-1)28-21-22-35-41(42(28)44(32)34-16-9-18-37-40(34)30-13-3-7-17-36(30)45-37)29-12-2-6-15-33(29)43(35)25-20-23-39-31(24-25)27-11-4-8-19-38(27)46-39/h1-24H/i3D,4D,7D,8D,9D,11D,13D,16D,17D,18D,19D,20D,23D,24D. The lowest BCUT2D eigenvalue weighted by Gasteiger charge is -2.11. The Morgan fingerprint density at radius 3 is 2.15 bits per heavy atom. The zero-order valence-electron chi connectivity index (χ0n) is 37.5. The van der Waals surface area contributed by atoms with E-state index < -0.39 is 48.3 Å². The van der Waals surface area contributed by atoms with Gasteiger partial charge in [0.05, 0.1) is 52.3 Å². The molecule has 3 nitrogen and oxygen atoms in total. The number of thiophene rings is 1. The molecule has 0 saturated heterocycles. The van der Waals surface area contributed by atoms with E-state index in [4.69, 9.17) is 18.1 Å². The highest BCUT2D eigenvalue weighted by molar-refractivity contribution is 7.25. The number of para-hydroxylation sites is 3. The van der Waals surface area contributed by atoms with Gasteiger partial charge in [-0.1, -0.05) is 84.8 Å². The van der Waals surface area contributed by atoms with Crippen LogP contribution in [0.15, 0.2) is 150 Å². The van der Waals surface area contributed by atoms with Crippen molar-refractivity contribution in [3.63, 3.8) is 0 Å². The molecule has 4 heteroatoms. The van der Waals surface area contributed by atoms with Crippen LogP contribution in [0.4, 0.5) is 0 Å². The van der Waals surface area contributed by atoms with Gasteiger partial charge in [0.1, 0.15) is 11.2 Å². The maximum Gasteiger partial charge on any atom is 0.137 e. The summed E-state index contributed by atoms with van der Waals surface area (Å²) in [7, 11) is 0. The van der Waals surface area contributed by atoms with Crippen LogP contribution in [0.5, 0.6) is 0 Å². The molecule has 0 saturated carbocycles. The van der Waals surface area contributed by atoms with Crippen LogP contribution in [0.2, 0.25) is 0 Å². The molecule has 4 aromatic heterocycles. The zero-order chi connectivity index (χ0) is 42.1. The predicted molar refractivity (Wildman–Crippen MR) is 195 cm³/mol. The second kappa shape index (κ2) is 8.87. The van der Waals surface area contributed by atoms with Crippen LogP contribution in [0.3, 0.4) is 0 Å². The van der Waals surface area contributed by atoms with Crippen LogP contribution in [0, 0.1) is 0 Å². The predicted octanol–water partition coefficient (Wildman–Crippen LogP) is 12.1. The molecule has 0 aliphatic rings. The van der Waals surface area contributed by atoms with Gasteiger partial charge in [0.15, 0.2) is 0 Å². The Hall–Kier alpha value is -5.84. The van der Waals surface area contributed by atoms with E-state index in [9.17, 15) is 5.48 Å². The molecule has 0 spiro atoms. The number of furan rings is 1. The SMILES string of the molecule is [2H]c1c([2H])c([2H])c2c(oc3c([2H])c([2H])c([2H])c(-n4c5ccccc5c5ccc6c(c7ccccc7n6-c6c([2H])c([2H])c7sc8c([2H])c([2H])c([2H])c([2H])c8c7c6[2H])c54)c32)c1[2H]. The Kier molecular flexibility index (Phi) is 2.89. The molecule has 0 bridgehead atoms. The lowest BCUT2D eigenvalue weighted by atomic mass is 10.1. The van der Waals surface area contributed by atoms with Gasteiger partial charge in [0, 0.05) is 52.8 Å². The van der Waals surface area contributed by atoms with E-state index >= 15 is 0 Å². The van der Waals surface area contributed by atoms with E-state index in [-0.39, 0.29) is 89.7 Å². The van der Waals surface area contributed by atoms with E-state index in [1.807, 2.05) is 54.6 Å². The quantitative estimate of drug-likeness (QED) is 0.189. The first-order valence-corrected chi connectivity index (χ1v) is 15.3. The molecular formula is C42H24N2OS. The maximum absolute atomic E-state index is 9.70. The minimum Gasteiger partial charge on any atom is -0.456 e. The van der Waals surface area contributed by atoms with Crippen molar-refractivity contribution in [2.75, 3.05) is 0 Å². The number of hydrogen-bond donors (Lipinski definition) is 0. The first-order valence-electron chi connectivity index (χ1n) is 21.5. The van der Waals surface area contributed by atoms with E-state index in [0.717, 1.165) is 16.7 Å². The molecule has 0 aliphatic carbocycles. The summed E-state index contributed by atoms with van der Waals surface area (Å²) in [5, 5.41) is 2.94. The average molecular weight is 619 g/mol. The van der Waals surface area contributed by atoms with Crippen molar-refractivity contribution < 1.29 is 23.6 Å². The van der Waals surface area contributed by atoms with Crippen molar-refractivity contribution in [2.45, 2.75) is 0 Å². The smallest absolute Gasteiger partial charge is 0.137 e. The number of nitrogens with zero attached hydrogens (tertiary/aromatic N) is 2. The van der Waals surface area contributed by atoms with Gasteiger partial charge in [-0.05, 0) is 60.5 Å². The molecule has 46 heavy (non-hydrogen) atoms. The van der Waals surface area contributed by atoms with E-state index in [1.54, 1.807) is 15.2 Å². The highest BCUT2D eigenvalue weighted by atomic mass is 32.1. The first kappa shape index (κ1) is 15.0. The molecule has 11 aromatic rings. The van der Waals surface area contributed by atoms with Crippen molar-refractivity contribution >= 4 is 97.1 Å². The molecule has 214 valence electrons. The summed E-state index contributed by atoms with van der Waals surface area (Å²) in [6.07, 6.45) is 0. The third kappa shape index (κ3) is 3.11. The molecule has 11 rings (SSSR count). The molecular weight excluding hydrogens is 581 g/mol. The van der Waals surface area contributed by atoms with Crippen LogP contribution in [-0.2, 0) is 0 Å². The molecule has 0 fully saturated rings. The Morgan fingerprint density at radius 2 is 1.24 bits per heavy atom. The largest absolute Gasteiger partial charge is 0.456 e. The Balaban J connectivity index is 1.37. The fraction of sp³-hybridized carbons (Fsp3) is 0. The van der Waals surface area contributed by atoms with Gasteiger partial charge in [0.2, 0.25) is 0 Å². The van der Waals surface area contributed by atoms with Gasteiger partial charge in [-0.3, -0.25) is 0 Å². The summed E-state index contributed by atoms with van der Waals surface area (Å²) in [6.45, 7) is 0. The second-order valence-electron chi connectivity index (χ2n) is 11.0. The van der Waals surface area contributed by atoms with Crippen LogP contribution in [0.25, 0.3) is 97.1 Å². The van der Waals surface area contributed by atoms with Gasteiger partial charge in [-0.2, -0.15) is 0 Å². The third-order valence-electron chi connectivity index (χ3n) is 8.72. The summed E-state index contributed by atoms with van der Waals surface area (Å²) in [4.78, 5) is 0. The maximum atomic E-state index is 9.70. The van der Waals surface area contributed by atoms with Crippen LogP contribution in [0.1, 0.15) is 19.2 Å². The van der Waals surface area contributed by atoms with Gasteiger partial charge in [-0.25, -0.2) is 0 Å². The number of hydrogen-bond acceptors (Lipinski definition) is 2. The normalized spacial score (nSPS) is 16.6. The fourth-order valence-electron chi connectivity index (χ4n) is 6.90. The Bertz CT molecular complexity index is 3840. The van der Waals surface area contributed by atoms with Crippen molar-refractivity contribution in [3.05, 3.63) is 145 Å². The van der Waals surface area contributed by atoms with E-state index in [2.05, 4.69) is 0 Å². The molecule has 0 unspecified atom stereocenters. The number of rotatable bonds is 2. The summed E-state index contributed by atoms with van der Waals surface area (Å²) in [6, 6.07) is 12.8. The summed E-state index contributed by atoms with van der Waals surface area (Å²) >= 11 is 0.954. The molecule has 0 atom stereocenters. The van der Waals surface area contributed by atoms with Crippen molar-refractivity contribution in [1.29, 1.82) is 0 Å². The van der Waals surface area contributed by atoms with Crippen LogP contribution in [-0.4, -0.2) is 9.13 Å². The lowest BCUT2D eigenvalue weighted by molar-refractivity contribution is 0.669. The summed E-state index contributed by atoms with van der Waals surface area (Å²) < 4.78 is 134. The minimum atomic E-state index is -0.532. The summed E-state index contributed by atoms with van der Waals surface area (Å²) in [5.74, 6) is 0. The van der Waals surface area contributed by atoms with Crippen molar-refractivity contribution in [2.24, 2.45) is 0 Å². The van der Waals surface area contributed by atoms with Crippen molar-refractivity contribution in [3.8, 4) is 11.4 Å². The van der Waals surface area contributed by atoms with Crippen LogP contribution >= 0.6 is 11.3 Å². The monoisotopic (exact) mass is 618 g/mol. The molecule has 7 aromatic carbocycles. The lowest BCUT2D eigenvalue weighted by Crippen LogP contribution is -1.96. The third-order valence-corrected chi connectivity index (χ3v) is 9.74. The number of aromatic nitrogens is 2. The molecule has 0 radical (unpaired) electrons. The molecule has 0 aliphatic heterocycles. The average Bonchev–Trinajstić information content (AvgIpc) is 4.02. The topological polar surface area (TPSA) is 23.0 Å². The number of benzene rings is 7. The molecule has 0 N–H and O–H groups in total. The molecule has 0 amide bonds. The van der Waals surface area contributed by atoms with Gasteiger partial charge in [-0.15, -0.1) is 11.3 Å². The number of fused-ring (bicyclic) bond motifs is 13. The van der Waals surface area contributed by atoms with E-state index in [1.165, 1.54) is 0 Å². The van der Waals surface area contributed by atoms with Gasteiger partial charge < -0.3 is 13.6 Å².